The number of rotatable bonds is 5. The summed E-state index contributed by atoms with van der Waals surface area (Å²) in [5, 5.41) is 12.8. The minimum Gasteiger partial charge on any atom is -0.348 e. The molecule has 0 radical (unpaired) electrons. The number of nitrogens with zero attached hydrogens (tertiary/aromatic N) is 3. The van der Waals surface area contributed by atoms with Crippen LogP contribution >= 0.6 is 11.3 Å². The van der Waals surface area contributed by atoms with E-state index >= 15 is 0 Å². The van der Waals surface area contributed by atoms with Crippen LogP contribution in [-0.4, -0.2) is 22.7 Å². The van der Waals surface area contributed by atoms with E-state index in [0.717, 1.165) is 23.5 Å². The smallest absolute Gasteiger partial charge is 0.0856 e. The van der Waals surface area contributed by atoms with Gasteiger partial charge in [-0.3, -0.25) is 4.99 Å². The van der Waals surface area contributed by atoms with Crippen molar-refractivity contribution in [3.63, 3.8) is 0 Å². The molecule has 3 nitrogen and oxygen atoms in total. The average molecular weight is 708 g/mol. The first kappa shape index (κ1) is 30.8. The lowest BCUT2D eigenvalue weighted by Gasteiger charge is -2.17. The Bertz CT molecular complexity index is 3260. The highest BCUT2D eigenvalue weighted by Crippen LogP contribution is 2.48. The summed E-state index contributed by atoms with van der Waals surface area (Å²) < 4.78 is 5.08. The van der Waals surface area contributed by atoms with Crippen molar-refractivity contribution >= 4 is 98.0 Å². The summed E-state index contributed by atoms with van der Waals surface area (Å²) in [5.74, 6) is 0. The maximum absolute atomic E-state index is 4.40. The molecule has 10 aromatic rings. The lowest BCUT2D eigenvalue weighted by molar-refractivity contribution is 0.561. The molecule has 1 aliphatic rings. The van der Waals surface area contributed by atoms with Crippen LogP contribution < -0.4 is 0 Å². The van der Waals surface area contributed by atoms with E-state index in [1.54, 1.807) is 0 Å². The standard InChI is InChI=1S/C50H33N3S/c1-51-44(31-52-28-9-2-10-29-52)33-20-23-35(24-21-33)53-45-26-22-32-12-3-6-15-37(32)47(45)48-46(53)27-25-42-40-18-11-19-41(49(40)54-50(42)48)43-30-34-13-4-5-14-36(34)38-16-7-8-17-39(38)43/h2-28,30-31H,1,29H2/b44-31-. The van der Waals surface area contributed by atoms with Crippen molar-refractivity contribution in [3.8, 4) is 16.8 Å². The molecule has 0 saturated carbocycles. The van der Waals surface area contributed by atoms with Gasteiger partial charge in [-0.25, -0.2) is 0 Å². The van der Waals surface area contributed by atoms with Gasteiger partial charge in [0.05, 0.1) is 16.7 Å². The lowest BCUT2D eigenvalue weighted by atomic mass is 9.92. The predicted octanol–water partition coefficient (Wildman–Crippen LogP) is 13.7. The van der Waals surface area contributed by atoms with Gasteiger partial charge in [0, 0.05) is 66.7 Å². The van der Waals surface area contributed by atoms with Crippen LogP contribution in [0, 0.1) is 0 Å². The van der Waals surface area contributed by atoms with Crippen LogP contribution in [0.5, 0.6) is 0 Å². The van der Waals surface area contributed by atoms with Crippen LogP contribution in [0.4, 0.5) is 0 Å². The number of hydrogen-bond donors (Lipinski definition) is 0. The molecule has 8 aromatic carbocycles. The van der Waals surface area contributed by atoms with Gasteiger partial charge in [-0.05, 0) is 81.0 Å². The number of thiophene rings is 1. The zero-order chi connectivity index (χ0) is 35.8. The van der Waals surface area contributed by atoms with Crippen molar-refractivity contribution in [3.05, 3.63) is 182 Å². The summed E-state index contributed by atoms with van der Waals surface area (Å²) in [6.07, 6.45) is 10.3. The van der Waals surface area contributed by atoms with Crippen molar-refractivity contribution in [2.45, 2.75) is 0 Å². The zero-order valence-electron chi connectivity index (χ0n) is 29.4. The van der Waals surface area contributed by atoms with Crippen LogP contribution in [0.2, 0.25) is 0 Å². The molecular weight excluding hydrogens is 675 g/mol. The van der Waals surface area contributed by atoms with E-state index in [0.29, 0.717) is 0 Å². The molecule has 4 heteroatoms. The molecule has 0 bridgehead atoms. The number of allylic oxidation sites excluding steroid dienone is 2. The predicted molar refractivity (Wildman–Crippen MR) is 234 cm³/mol. The Labute approximate surface area is 316 Å². The first-order valence-electron chi connectivity index (χ1n) is 18.3. The first-order chi connectivity index (χ1) is 26.7. The number of aromatic nitrogens is 1. The molecular formula is C50H33N3S. The van der Waals surface area contributed by atoms with Crippen LogP contribution in [0.3, 0.4) is 0 Å². The van der Waals surface area contributed by atoms with Gasteiger partial charge in [-0.2, -0.15) is 0 Å². The van der Waals surface area contributed by atoms with E-state index in [-0.39, 0.29) is 0 Å². The maximum Gasteiger partial charge on any atom is 0.0856 e. The van der Waals surface area contributed by atoms with E-state index < -0.39 is 0 Å². The number of aliphatic imine (C=N–C) groups is 1. The second-order valence-electron chi connectivity index (χ2n) is 14.0. The third-order valence-corrected chi connectivity index (χ3v) is 12.3. The maximum atomic E-state index is 4.40. The molecule has 0 saturated heterocycles. The van der Waals surface area contributed by atoms with Crippen LogP contribution in [0.1, 0.15) is 5.56 Å². The molecule has 0 spiro atoms. The Morgan fingerprint density at radius 2 is 1.28 bits per heavy atom. The highest BCUT2D eigenvalue weighted by atomic mass is 32.1. The van der Waals surface area contributed by atoms with Crippen molar-refractivity contribution in [2.24, 2.45) is 4.99 Å². The molecule has 0 N–H and O–H groups in total. The molecule has 0 fully saturated rings. The molecule has 0 amide bonds. The highest BCUT2D eigenvalue weighted by Gasteiger charge is 2.21. The van der Waals surface area contributed by atoms with Crippen molar-refractivity contribution < 1.29 is 0 Å². The summed E-state index contributed by atoms with van der Waals surface area (Å²) >= 11 is 1.93. The monoisotopic (exact) mass is 707 g/mol. The second kappa shape index (κ2) is 12.2. The number of fused-ring (bicyclic) bond motifs is 12. The lowest BCUT2D eigenvalue weighted by Crippen LogP contribution is -2.11. The largest absolute Gasteiger partial charge is 0.348 e. The molecule has 0 atom stereocenters. The highest BCUT2D eigenvalue weighted by molar-refractivity contribution is 7.27. The fourth-order valence-electron chi connectivity index (χ4n) is 8.61. The summed E-state index contributed by atoms with van der Waals surface area (Å²) in [4.78, 5) is 6.53. The molecule has 3 heterocycles. The first-order valence-corrected chi connectivity index (χ1v) is 19.2. The quantitative estimate of drug-likeness (QED) is 0.129. The van der Waals surface area contributed by atoms with Gasteiger partial charge in [0.15, 0.2) is 0 Å². The molecule has 11 rings (SSSR count). The molecule has 0 unspecified atom stereocenters. The summed E-state index contributed by atoms with van der Waals surface area (Å²) in [6.45, 7) is 4.71. The normalized spacial score (nSPS) is 13.5. The van der Waals surface area contributed by atoms with Gasteiger partial charge < -0.3 is 9.47 Å². The zero-order valence-corrected chi connectivity index (χ0v) is 30.2. The Kier molecular flexibility index (Phi) is 6.94. The van der Waals surface area contributed by atoms with E-state index in [4.69, 9.17) is 0 Å². The molecule has 54 heavy (non-hydrogen) atoms. The number of hydrogen-bond acceptors (Lipinski definition) is 3. The Morgan fingerprint density at radius 1 is 0.574 bits per heavy atom. The molecule has 2 aromatic heterocycles. The van der Waals surface area contributed by atoms with E-state index in [1.165, 1.54) is 85.4 Å². The van der Waals surface area contributed by atoms with E-state index in [2.05, 4.69) is 191 Å². The third-order valence-electron chi connectivity index (χ3n) is 11.1. The topological polar surface area (TPSA) is 20.5 Å². The molecule has 0 aliphatic carbocycles. The minimum atomic E-state index is 0.815. The van der Waals surface area contributed by atoms with Gasteiger partial charge in [0.2, 0.25) is 0 Å². The van der Waals surface area contributed by atoms with Crippen molar-refractivity contribution in [1.82, 2.24) is 9.47 Å². The van der Waals surface area contributed by atoms with Gasteiger partial charge in [0.1, 0.15) is 0 Å². The summed E-state index contributed by atoms with van der Waals surface area (Å²) in [6, 6.07) is 53.6. The van der Waals surface area contributed by atoms with Crippen LogP contribution in [0.15, 0.2) is 181 Å². The molecule has 254 valence electrons. The Hall–Kier alpha value is -6.75. The van der Waals surface area contributed by atoms with Gasteiger partial charge >= 0.3 is 0 Å². The molecule has 1 aliphatic heterocycles. The van der Waals surface area contributed by atoms with Crippen LogP contribution in [0.25, 0.3) is 96.8 Å². The van der Waals surface area contributed by atoms with Gasteiger partial charge in [-0.15, -0.1) is 11.3 Å². The van der Waals surface area contributed by atoms with E-state index in [1.807, 2.05) is 17.4 Å². The average Bonchev–Trinajstić information content (AvgIpc) is 3.79. The van der Waals surface area contributed by atoms with Crippen molar-refractivity contribution in [1.29, 1.82) is 0 Å². The van der Waals surface area contributed by atoms with Crippen LogP contribution in [-0.2, 0) is 0 Å². The second-order valence-corrected chi connectivity index (χ2v) is 15.0. The fraction of sp³-hybridized carbons (Fsp3) is 0.0200. The SMILES string of the molecule is C=N/C(=C\N1C=CC=CC1)c1ccc(-n2c3ccc4ccccc4c3c3c4sc5c(-c6cc7ccccc7c7ccccc67)cccc5c4ccc32)cc1. The minimum absolute atomic E-state index is 0.815. The third kappa shape index (κ3) is 4.64. The van der Waals surface area contributed by atoms with Gasteiger partial charge in [0.25, 0.3) is 0 Å². The Balaban J connectivity index is 1.17. The summed E-state index contributed by atoms with van der Waals surface area (Å²) in [5.41, 5.74) is 7.95. The summed E-state index contributed by atoms with van der Waals surface area (Å²) in [7, 11) is 0. The van der Waals surface area contributed by atoms with Crippen molar-refractivity contribution in [2.75, 3.05) is 6.54 Å². The van der Waals surface area contributed by atoms with Gasteiger partial charge in [-0.1, -0.05) is 127 Å². The number of benzene rings is 8. The van der Waals surface area contributed by atoms with E-state index in [9.17, 15) is 0 Å². The Morgan fingerprint density at radius 3 is 2.09 bits per heavy atom. The fourth-order valence-corrected chi connectivity index (χ4v) is 9.99.